The Morgan fingerprint density at radius 2 is 2.33 bits per heavy atom. The maximum absolute atomic E-state index is 4.15. The molecule has 0 bridgehead atoms. The first kappa shape index (κ1) is 12.4. The third-order valence-electron chi connectivity index (χ3n) is 2.13. The lowest BCUT2D eigenvalue weighted by Crippen LogP contribution is -2.06. The molecular weight excluding hydrogens is 252 g/mol. The lowest BCUT2D eigenvalue weighted by atomic mass is 10.1. The van der Waals surface area contributed by atoms with Crippen LogP contribution in [-0.2, 0) is 6.42 Å². The van der Waals surface area contributed by atoms with Gasteiger partial charge in [0, 0.05) is 16.9 Å². The van der Waals surface area contributed by atoms with Crippen molar-refractivity contribution in [1.82, 2.24) is 10.3 Å². The molecule has 1 aromatic heterocycles. The van der Waals surface area contributed by atoms with E-state index >= 15 is 0 Å². The molecule has 0 fully saturated rings. The van der Waals surface area contributed by atoms with E-state index in [1.165, 1.54) is 11.1 Å². The van der Waals surface area contributed by atoms with Crippen molar-refractivity contribution in [1.29, 1.82) is 0 Å². The molecule has 0 unspecified atom stereocenters. The number of hydrogen-bond donors (Lipinski definition) is 1. The summed E-state index contributed by atoms with van der Waals surface area (Å²) in [5.41, 5.74) is 2.65. The number of halogens is 1. The monoisotopic (exact) mass is 268 g/mol. The van der Waals surface area contributed by atoms with Crippen LogP contribution in [-0.4, -0.2) is 18.6 Å². The molecule has 2 nitrogen and oxygen atoms in total. The second-order valence-electron chi connectivity index (χ2n) is 3.63. The minimum Gasteiger partial charge on any atom is -0.319 e. The molecule has 0 aromatic carbocycles. The molecule has 1 rings (SSSR count). The normalized spacial score (nSPS) is 11.8. The summed E-state index contributed by atoms with van der Waals surface area (Å²) in [5, 5.41) is 3.13. The number of rotatable bonds is 5. The molecule has 82 valence electrons. The zero-order chi connectivity index (χ0) is 11.1. The third kappa shape index (κ3) is 5.09. The van der Waals surface area contributed by atoms with E-state index in [9.17, 15) is 0 Å². The largest absolute Gasteiger partial charge is 0.319 e. The average Bonchev–Trinajstić information content (AvgIpc) is 2.18. The van der Waals surface area contributed by atoms with Gasteiger partial charge in [0.1, 0.15) is 0 Å². The molecule has 15 heavy (non-hydrogen) atoms. The van der Waals surface area contributed by atoms with Gasteiger partial charge in [-0.15, -0.1) is 0 Å². The fraction of sp³-hybridized carbons (Fsp3) is 0.417. The zero-order valence-electron chi connectivity index (χ0n) is 9.26. The average molecular weight is 269 g/mol. The first-order valence-electron chi connectivity index (χ1n) is 5.12. The van der Waals surface area contributed by atoms with E-state index in [4.69, 9.17) is 0 Å². The highest BCUT2D eigenvalue weighted by Crippen LogP contribution is 2.13. The smallest absolute Gasteiger partial charge is 0.0410 e. The predicted molar refractivity (Wildman–Crippen MR) is 67.9 cm³/mol. The van der Waals surface area contributed by atoms with Gasteiger partial charge in [-0.1, -0.05) is 11.6 Å². The van der Waals surface area contributed by atoms with Crippen molar-refractivity contribution in [3.05, 3.63) is 40.1 Å². The standard InChI is InChI=1S/C12H17BrN2/c1-10(4-3-5-14-2)6-11-7-12(13)9-15-8-11/h4,7-9,14H,3,5-6H2,1-2H3/b10-4-. The SMILES string of the molecule is CNCC/C=C(/C)Cc1cncc(Br)c1. The van der Waals surface area contributed by atoms with Gasteiger partial charge >= 0.3 is 0 Å². The summed E-state index contributed by atoms with van der Waals surface area (Å²) in [7, 11) is 1.97. The minimum atomic E-state index is 0.982. The van der Waals surface area contributed by atoms with Gasteiger partial charge in [-0.2, -0.15) is 0 Å². The number of allylic oxidation sites excluding steroid dienone is 1. The number of hydrogen-bond acceptors (Lipinski definition) is 2. The molecule has 0 aliphatic rings. The van der Waals surface area contributed by atoms with Crippen molar-refractivity contribution in [2.45, 2.75) is 19.8 Å². The van der Waals surface area contributed by atoms with Crippen LogP contribution in [0.5, 0.6) is 0 Å². The van der Waals surface area contributed by atoms with E-state index in [0.29, 0.717) is 0 Å². The quantitative estimate of drug-likeness (QED) is 0.656. The number of pyridine rings is 1. The molecule has 0 radical (unpaired) electrons. The van der Waals surface area contributed by atoms with E-state index in [0.717, 1.165) is 23.9 Å². The Morgan fingerprint density at radius 1 is 1.53 bits per heavy atom. The van der Waals surface area contributed by atoms with E-state index < -0.39 is 0 Å². The summed E-state index contributed by atoms with van der Waals surface area (Å²) >= 11 is 3.42. The lowest BCUT2D eigenvalue weighted by Gasteiger charge is -2.02. The van der Waals surface area contributed by atoms with E-state index in [-0.39, 0.29) is 0 Å². The van der Waals surface area contributed by atoms with Crippen LogP contribution in [0.2, 0.25) is 0 Å². The third-order valence-corrected chi connectivity index (χ3v) is 2.57. The highest BCUT2D eigenvalue weighted by molar-refractivity contribution is 9.10. The molecule has 0 saturated heterocycles. The highest BCUT2D eigenvalue weighted by Gasteiger charge is 1.96. The predicted octanol–water partition coefficient (Wildman–Crippen LogP) is 2.94. The molecule has 1 aromatic rings. The molecule has 1 N–H and O–H groups in total. The van der Waals surface area contributed by atoms with Gasteiger partial charge in [-0.25, -0.2) is 0 Å². The van der Waals surface area contributed by atoms with Crippen LogP contribution < -0.4 is 5.32 Å². The Bertz CT molecular complexity index is 334. The minimum absolute atomic E-state index is 0.982. The maximum atomic E-state index is 4.15. The van der Waals surface area contributed by atoms with Gasteiger partial charge in [-0.05, 0) is 60.9 Å². The highest BCUT2D eigenvalue weighted by atomic mass is 79.9. The maximum Gasteiger partial charge on any atom is 0.0410 e. The molecule has 1 heterocycles. The number of aromatic nitrogens is 1. The zero-order valence-corrected chi connectivity index (χ0v) is 10.8. The van der Waals surface area contributed by atoms with Crippen LogP contribution in [0.15, 0.2) is 34.6 Å². The van der Waals surface area contributed by atoms with Crippen LogP contribution in [0.4, 0.5) is 0 Å². The molecular formula is C12H17BrN2. The van der Waals surface area contributed by atoms with E-state index in [1.807, 2.05) is 19.4 Å². The molecule has 0 spiro atoms. The molecule has 0 atom stereocenters. The van der Waals surface area contributed by atoms with Gasteiger partial charge in [0.05, 0.1) is 0 Å². The van der Waals surface area contributed by atoms with Crippen LogP contribution in [0.25, 0.3) is 0 Å². The summed E-state index contributed by atoms with van der Waals surface area (Å²) in [6.45, 7) is 3.20. The van der Waals surface area contributed by atoms with Gasteiger partial charge in [0.2, 0.25) is 0 Å². The first-order valence-corrected chi connectivity index (χ1v) is 5.91. The fourth-order valence-corrected chi connectivity index (χ4v) is 1.82. The van der Waals surface area contributed by atoms with E-state index in [2.05, 4.69) is 45.3 Å². The second-order valence-corrected chi connectivity index (χ2v) is 4.55. The van der Waals surface area contributed by atoms with E-state index in [1.54, 1.807) is 0 Å². The molecule has 0 saturated carbocycles. The fourth-order valence-electron chi connectivity index (χ4n) is 1.41. The van der Waals surface area contributed by atoms with Crippen molar-refractivity contribution in [3.63, 3.8) is 0 Å². The van der Waals surface area contributed by atoms with Crippen molar-refractivity contribution in [2.75, 3.05) is 13.6 Å². The van der Waals surface area contributed by atoms with Gasteiger partial charge in [0.25, 0.3) is 0 Å². The van der Waals surface area contributed by atoms with Crippen LogP contribution in [0.3, 0.4) is 0 Å². The Morgan fingerprint density at radius 3 is 3.00 bits per heavy atom. The summed E-state index contributed by atoms with van der Waals surface area (Å²) < 4.78 is 1.04. The van der Waals surface area contributed by atoms with Gasteiger partial charge in [0.15, 0.2) is 0 Å². The second kappa shape index (κ2) is 6.75. The molecule has 0 amide bonds. The Kier molecular flexibility index (Phi) is 5.58. The van der Waals surface area contributed by atoms with Crippen molar-refractivity contribution < 1.29 is 0 Å². The molecule has 0 aliphatic heterocycles. The first-order chi connectivity index (χ1) is 7.22. The van der Waals surface area contributed by atoms with Crippen molar-refractivity contribution in [3.8, 4) is 0 Å². The van der Waals surface area contributed by atoms with Gasteiger partial charge in [-0.3, -0.25) is 4.98 Å². The van der Waals surface area contributed by atoms with Crippen molar-refractivity contribution >= 4 is 15.9 Å². The van der Waals surface area contributed by atoms with Crippen molar-refractivity contribution in [2.24, 2.45) is 0 Å². The molecule has 3 heteroatoms. The topological polar surface area (TPSA) is 24.9 Å². The number of nitrogens with one attached hydrogen (secondary N) is 1. The van der Waals surface area contributed by atoms with Crippen LogP contribution in [0, 0.1) is 0 Å². The summed E-state index contributed by atoms with van der Waals surface area (Å²) in [6.07, 6.45) is 8.07. The Labute approximate surface area is 99.9 Å². The lowest BCUT2D eigenvalue weighted by molar-refractivity contribution is 0.802. The summed E-state index contributed by atoms with van der Waals surface area (Å²) in [4.78, 5) is 4.15. The van der Waals surface area contributed by atoms with Crippen LogP contribution >= 0.6 is 15.9 Å². The van der Waals surface area contributed by atoms with Gasteiger partial charge < -0.3 is 5.32 Å². The van der Waals surface area contributed by atoms with Crippen LogP contribution in [0.1, 0.15) is 18.9 Å². The summed E-state index contributed by atoms with van der Waals surface area (Å²) in [6, 6.07) is 2.11. The Balaban J connectivity index is 2.50. The molecule has 0 aliphatic carbocycles. The number of nitrogens with zero attached hydrogens (tertiary/aromatic N) is 1. The Hall–Kier alpha value is -0.670. The summed E-state index contributed by atoms with van der Waals surface area (Å²) in [5.74, 6) is 0.